The minimum absolute atomic E-state index is 0.207. The predicted octanol–water partition coefficient (Wildman–Crippen LogP) is 0.646. The van der Waals surface area contributed by atoms with Gasteiger partial charge in [-0.25, -0.2) is 4.79 Å². The van der Waals surface area contributed by atoms with Crippen LogP contribution in [0.1, 0.15) is 12.6 Å². The van der Waals surface area contributed by atoms with Gasteiger partial charge in [-0.2, -0.15) is 0 Å². The first-order chi connectivity index (χ1) is 8.15. The van der Waals surface area contributed by atoms with Crippen molar-refractivity contribution < 1.29 is 14.3 Å². The molecule has 1 rings (SSSR count). The number of carbonyl (C=O) groups excluding carboxylic acids is 2. The number of likely N-dealkylation sites (N-methyl/N-ethyl adjacent to an activating group) is 1. The molecule has 5 heteroatoms. The van der Waals surface area contributed by atoms with E-state index in [0.717, 1.165) is 5.69 Å². The molecule has 0 radical (unpaired) electrons. The number of carbonyl (C=O) groups is 2. The Bertz CT molecular complexity index is 379. The summed E-state index contributed by atoms with van der Waals surface area (Å²) < 4.78 is 4.63. The van der Waals surface area contributed by atoms with Crippen molar-refractivity contribution in [2.45, 2.75) is 13.3 Å². The summed E-state index contributed by atoms with van der Waals surface area (Å²) in [5.41, 5.74) is 0.885. The first-order valence-corrected chi connectivity index (χ1v) is 5.47. The molecule has 0 fully saturated rings. The molecule has 1 amide bonds. The summed E-state index contributed by atoms with van der Waals surface area (Å²) >= 11 is 0. The lowest BCUT2D eigenvalue weighted by atomic mass is 10.2. The number of nitrogens with zero attached hydrogens (tertiary/aromatic N) is 2. The van der Waals surface area contributed by atoms with Gasteiger partial charge in [0, 0.05) is 31.9 Å². The van der Waals surface area contributed by atoms with E-state index >= 15 is 0 Å². The van der Waals surface area contributed by atoms with Crippen LogP contribution in [0, 0.1) is 0 Å². The Labute approximate surface area is 100 Å². The van der Waals surface area contributed by atoms with Crippen LogP contribution in [0.25, 0.3) is 0 Å². The second kappa shape index (κ2) is 6.62. The Balaban J connectivity index is 2.42. The maximum atomic E-state index is 11.5. The molecule has 0 aliphatic carbocycles. The molecule has 1 heterocycles. The average molecular weight is 236 g/mol. The van der Waals surface area contributed by atoms with Crippen molar-refractivity contribution in [2.75, 3.05) is 20.2 Å². The standard InChI is InChI=1S/C12H16N2O3/c1-3-17-12(16)11(15)14(2)9-7-10-6-4-5-8-13-10/h4-6,8H,3,7,9H2,1-2H3. The third kappa shape index (κ3) is 4.22. The Kier molecular flexibility index (Phi) is 5.13. The van der Waals surface area contributed by atoms with E-state index in [1.807, 2.05) is 18.2 Å². The monoisotopic (exact) mass is 236 g/mol. The summed E-state index contributed by atoms with van der Waals surface area (Å²) in [6, 6.07) is 5.59. The molecule has 5 nitrogen and oxygen atoms in total. The lowest BCUT2D eigenvalue weighted by molar-refractivity contribution is -0.159. The molecule has 0 spiro atoms. The number of aromatic nitrogens is 1. The zero-order valence-corrected chi connectivity index (χ0v) is 10.0. The van der Waals surface area contributed by atoms with E-state index in [0.29, 0.717) is 13.0 Å². The van der Waals surface area contributed by atoms with Gasteiger partial charge < -0.3 is 9.64 Å². The minimum Gasteiger partial charge on any atom is -0.459 e. The molecule has 0 N–H and O–H groups in total. The van der Waals surface area contributed by atoms with E-state index in [-0.39, 0.29) is 6.61 Å². The van der Waals surface area contributed by atoms with Crippen molar-refractivity contribution in [3.8, 4) is 0 Å². The van der Waals surface area contributed by atoms with E-state index in [4.69, 9.17) is 0 Å². The molecule has 0 atom stereocenters. The van der Waals surface area contributed by atoms with Gasteiger partial charge in [-0.1, -0.05) is 6.07 Å². The fraction of sp³-hybridized carbons (Fsp3) is 0.417. The summed E-state index contributed by atoms with van der Waals surface area (Å²) in [6.45, 7) is 2.31. The fourth-order valence-corrected chi connectivity index (χ4v) is 1.28. The highest BCUT2D eigenvalue weighted by atomic mass is 16.5. The molecule has 0 saturated carbocycles. The molecule has 17 heavy (non-hydrogen) atoms. The number of pyridine rings is 1. The highest BCUT2D eigenvalue weighted by molar-refractivity contribution is 6.32. The maximum absolute atomic E-state index is 11.5. The van der Waals surface area contributed by atoms with Gasteiger partial charge in [0.25, 0.3) is 0 Å². The molecule has 1 aromatic heterocycles. The quantitative estimate of drug-likeness (QED) is 0.568. The van der Waals surface area contributed by atoms with Gasteiger partial charge in [0.05, 0.1) is 6.61 Å². The van der Waals surface area contributed by atoms with Crippen LogP contribution in [-0.4, -0.2) is 42.0 Å². The first-order valence-electron chi connectivity index (χ1n) is 5.47. The normalized spacial score (nSPS) is 9.76. The van der Waals surface area contributed by atoms with Gasteiger partial charge in [0.1, 0.15) is 0 Å². The second-order valence-electron chi connectivity index (χ2n) is 3.52. The van der Waals surface area contributed by atoms with Crippen LogP contribution in [0.2, 0.25) is 0 Å². The molecule has 0 aliphatic heterocycles. The Morgan fingerprint density at radius 3 is 2.76 bits per heavy atom. The van der Waals surface area contributed by atoms with Crippen molar-refractivity contribution in [1.29, 1.82) is 0 Å². The van der Waals surface area contributed by atoms with Gasteiger partial charge in [-0.15, -0.1) is 0 Å². The zero-order valence-electron chi connectivity index (χ0n) is 10.0. The van der Waals surface area contributed by atoms with Crippen molar-refractivity contribution in [2.24, 2.45) is 0 Å². The average Bonchev–Trinajstić information content (AvgIpc) is 2.36. The molecule has 0 aliphatic rings. The van der Waals surface area contributed by atoms with E-state index in [1.54, 1.807) is 20.2 Å². The van der Waals surface area contributed by atoms with Gasteiger partial charge in [0.2, 0.25) is 0 Å². The van der Waals surface area contributed by atoms with Crippen molar-refractivity contribution in [1.82, 2.24) is 9.88 Å². The van der Waals surface area contributed by atoms with Crippen LogP contribution in [-0.2, 0) is 20.7 Å². The lowest BCUT2D eigenvalue weighted by Crippen LogP contribution is -2.36. The van der Waals surface area contributed by atoms with Gasteiger partial charge in [0.15, 0.2) is 0 Å². The SMILES string of the molecule is CCOC(=O)C(=O)N(C)CCc1ccccn1. The van der Waals surface area contributed by atoms with Gasteiger partial charge >= 0.3 is 11.9 Å². The largest absolute Gasteiger partial charge is 0.459 e. The highest BCUT2D eigenvalue weighted by Crippen LogP contribution is 1.97. The summed E-state index contributed by atoms with van der Waals surface area (Å²) in [6.07, 6.45) is 2.31. The highest BCUT2D eigenvalue weighted by Gasteiger charge is 2.19. The number of ether oxygens (including phenoxy) is 1. The summed E-state index contributed by atoms with van der Waals surface area (Å²) in [5, 5.41) is 0. The minimum atomic E-state index is -0.809. The molecular weight excluding hydrogens is 220 g/mol. The van der Waals surface area contributed by atoms with Crippen LogP contribution in [0.5, 0.6) is 0 Å². The lowest BCUT2D eigenvalue weighted by Gasteiger charge is -2.15. The van der Waals surface area contributed by atoms with E-state index in [9.17, 15) is 9.59 Å². The molecule has 92 valence electrons. The van der Waals surface area contributed by atoms with Crippen LogP contribution in [0.3, 0.4) is 0 Å². The van der Waals surface area contributed by atoms with Crippen LogP contribution in [0.15, 0.2) is 24.4 Å². The molecule has 0 saturated heterocycles. The zero-order chi connectivity index (χ0) is 12.7. The van der Waals surface area contributed by atoms with Gasteiger partial charge in [-0.3, -0.25) is 9.78 Å². The van der Waals surface area contributed by atoms with E-state index < -0.39 is 11.9 Å². The van der Waals surface area contributed by atoms with Crippen molar-refractivity contribution in [3.63, 3.8) is 0 Å². The number of esters is 1. The molecule has 0 unspecified atom stereocenters. The summed E-state index contributed by atoms with van der Waals surface area (Å²) in [5.74, 6) is -1.43. The Morgan fingerprint density at radius 1 is 1.41 bits per heavy atom. The van der Waals surface area contributed by atoms with Crippen molar-refractivity contribution >= 4 is 11.9 Å². The number of amides is 1. The molecule has 0 aromatic carbocycles. The number of hydrogen-bond donors (Lipinski definition) is 0. The Morgan fingerprint density at radius 2 is 2.18 bits per heavy atom. The van der Waals surface area contributed by atoms with E-state index in [2.05, 4.69) is 9.72 Å². The topological polar surface area (TPSA) is 59.5 Å². The van der Waals surface area contributed by atoms with Crippen LogP contribution in [0.4, 0.5) is 0 Å². The van der Waals surface area contributed by atoms with E-state index in [1.165, 1.54) is 4.90 Å². The second-order valence-corrected chi connectivity index (χ2v) is 3.52. The molecule has 1 aromatic rings. The van der Waals surface area contributed by atoms with Crippen LogP contribution >= 0.6 is 0 Å². The van der Waals surface area contributed by atoms with Gasteiger partial charge in [-0.05, 0) is 19.1 Å². The van der Waals surface area contributed by atoms with Crippen LogP contribution < -0.4 is 0 Å². The summed E-state index contributed by atoms with van der Waals surface area (Å²) in [7, 11) is 1.57. The Hall–Kier alpha value is -1.91. The number of rotatable bonds is 4. The number of hydrogen-bond acceptors (Lipinski definition) is 4. The summed E-state index contributed by atoms with van der Waals surface area (Å²) in [4.78, 5) is 28.1. The fourth-order valence-electron chi connectivity index (χ4n) is 1.28. The molecule has 0 bridgehead atoms. The van der Waals surface area contributed by atoms with Crippen molar-refractivity contribution in [3.05, 3.63) is 30.1 Å². The third-order valence-electron chi connectivity index (χ3n) is 2.23. The first kappa shape index (κ1) is 13.2. The smallest absolute Gasteiger partial charge is 0.396 e. The predicted molar refractivity (Wildman–Crippen MR) is 62.2 cm³/mol. The molecular formula is C12H16N2O3. The third-order valence-corrected chi connectivity index (χ3v) is 2.23. The maximum Gasteiger partial charge on any atom is 0.396 e.